The Morgan fingerprint density at radius 3 is 2.65 bits per heavy atom. The van der Waals surface area contributed by atoms with Crippen molar-refractivity contribution in [3.8, 4) is 0 Å². The van der Waals surface area contributed by atoms with Gasteiger partial charge >= 0.3 is 0 Å². The van der Waals surface area contributed by atoms with Gasteiger partial charge in [-0.1, -0.05) is 30.3 Å². The van der Waals surface area contributed by atoms with Crippen LogP contribution >= 0.6 is 35.3 Å². The van der Waals surface area contributed by atoms with Crippen molar-refractivity contribution < 1.29 is 0 Å². The molecule has 23 heavy (non-hydrogen) atoms. The summed E-state index contributed by atoms with van der Waals surface area (Å²) in [5.41, 5.74) is 2.42. The number of aromatic nitrogens is 1. The third-order valence-corrected chi connectivity index (χ3v) is 4.09. The van der Waals surface area contributed by atoms with Crippen LogP contribution in [-0.2, 0) is 13.0 Å². The summed E-state index contributed by atoms with van der Waals surface area (Å²) in [6, 6.07) is 10.5. The summed E-state index contributed by atoms with van der Waals surface area (Å²) in [6.45, 7) is 6.56. The van der Waals surface area contributed by atoms with Crippen LogP contribution in [0.25, 0.3) is 0 Å². The van der Waals surface area contributed by atoms with Crippen molar-refractivity contribution >= 4 is 41.3 Å². The van der Waals surface area contributed by atoms with E-state index in [1.807, 2.05) is 13.0 Å². The molecule has 1 aromatic carbocycles. The average molecular weight is 444 g/mol. The van der Waals surface area contributed by atoms with Gasteiger partial charge in [-0.3, -0.25) is 4.99 Å². The molecule has 0 radical (unpaired) electrons. The minimum Gasteiger partial charge on any atom is -0.357 e. The number of hydrogen-bond donors (Lipinski definition) is 1. The van der Waals surface area contributed by atoms with Crippen LogP contribution < -0.4 is 5.32 Å². The first-order valence-electron chi connectivity index (χ1n) is 7.63. The maximum absolute atomic E-state index is 4.72. The highest BCUT2D eigenvalue weighted by atomic mass is 127. The Morgan fingerprint density at radius 1 is 1.30 bits per heavy atom. The standard InChI is InChI=1S/C17H24N4S.HI/c1-4-18-17(19-11-10-15-8-6-5-7-9-15)21(3)12-16-13-22-14(2)20-16;/h5-9,13H,4,10-12H2,1-3H3,(H,18,19);1H. The first-order valence-corrected chi connectivity index (χ1v) is 8.51. The Labute approximate surface area is 160 Å². The van der Waals surface area contributed by atoms with Gasteiger partial charge in [0, 0.05) is 25.5 Å². The van der Waals surface area contributed by atoms with E-state index in [1.54, 1.807) is 11.3 Å². The lowest BCUT2D eigenvalue weighted by molar-refractivity contribution is 0.471. The molecule has 126 valence electrons. The highest BCUT2D eigenvalue weighted by Gasteiger charge is 2.08. The molecule has 2 rings (SSSR count). The van der Waals surface area contributed by atoms with Crippen LogP contribution in [-0.4, -0.2) is 36.0 Å². The monoisotopic (exact) mass is 444 g/mol. The zero-order valence-electron chi connectivity index (χ0n) is 14.0. The summed E-state index contributed by atoms with van der Waals surface area (Å²) < 4.78 is 0. The average Bonchev–Trinajstić information content (AvgIpc) is 2.92. The van der Waals surface area contributed by atoms with Gasteiger partial charge in [0.15, 0.2) is 5.96 Å². The number of nitrogens with zero attached hydrogens (tertiary/aromatic N) is 3. The van der Waals surface area contributed by atoms with Crippen LogP contribution in [0.3, 0.4) is 0 Å². The fourth-order valence-electron chi connectivity index (χ4n) is 2.20. The Morgan fingerprint density at radius 2 is 2.04 bits per heavy atom. The highest BCUT2D eigenvalue weighted by molar-refractivity contribution is 14.0. The summed E-state index contributed by atoms with van der Waals surface area (Å²) in [4.78, 5) is 11.4. The minimum absolute atomic E-state index is 0. The number of aryl methyl sites for hydroxylation is 1. The number of hydrogen-bond acceptors (Lipinski definition) is 3. The number of benzene rings is 1. The molecule has 0 aliphatic heterocycles. The lowest BCUT2D eigenvalue weighted by atomic mass is 10.2. The molecule has 0 amide bonds. The number of thiazole rings is 1. The smallest absolute Gasteiger partial charge is 0.194 e. The number of rotatable bonds is 6. The van der Waals surface area contributed by atoms with Gasteiger partial charge in [0.25, 0.3) is 0 Å². The van der Waals surface area contributed by atoms with Crippen LogP contribution in [0.15, 0.2) is 40.7 Å². The molecule has 0 spiro atoms. The van der Waals surface area contributed by atoms with Crippen molar-refractivity contribution in [1.82, 2.24) is 15.2 Å². The van der Waals surface area contributed by atoms with E-state index >= 15 is 0 Å². The molecule has 0 saturated carbocycles. The molecule has 0 bridgehead atoms. The van der Waals surface area contributed by atoms with E-state index in [0.717, 1.165) is 42.7 Å². The molecule has 1 N–H and O–H groups in total. The summed E-state index contributed by atoms with van der Waals surface area (Å²) in [5.74, 6) is 0.934. The fourth-order valence-corrected chi connectivity index (χ4v) is 2.81. The Bertz CT molecular complexity index is 598. The van der Waals surface area contributed by atoms with Crippen molar-refractivity contribution in [2.24, 2.45) is 4.99 Å². The van der Waals surface area contributed by atoms with Gasteiger partial charge in [-0.05, 0) is 25.8 Å². The van der Waals surface area contributed by atoms with Crippen LogP contribution in [0, 0.1) is 6.92 Å². The number of nitrogens with one attached hydrogen (secondary N) is 1. The Hall–Kier alpha value is -1.15. The lowest BCUT2D eigenvalue weighted by Gasteiger charge is -2.21. The van der Waals surface area contributed by atoms with Gasteiger partial charge in [0.05, 0.1) is 17.2 Å². The molecule has 0 aliphatic rings. The molecule has 1 aromatic heterocycles. The molecule has 0 unspecified atom stereocenters. The first kappa shape index (κ1) is 19.9. The second-order valence-corrected chi connectivity index (χ2v) is 6.25. The fraction of sp³-hybridized carbons (Fsp3) is 0.412. The van der Waals surface area contributed by atoms with Gasteiger partial charge in [0.1, 0.15) is 0 Å². The minimum atomic E-state index is 0. The maximum atomic E-state index is 4.72. The molecular weight excluding hydrogens is 419 g/mol. The second-order valence-electron chi connectivity index (χ2n) is 5.19. The molecule has 0 saturated heterocycles. The summed E-state index contributed by atoms with van der Waals surface area (Å²) in [5, 5.41) is 6.56. The molecular formula is C17H25IN4S. The largest absolute Gasteiger partial charge is 0.357 e. The van der Waals surface area contributed by atoms with Crippen LogP contribution in [0.2, 0.25) is 0 Å². The number of halogens is 1. The lowest BCUT2D eigenvalue weighted by Crippen LogP contribution is -2.38. The van der Waals surface area contributed by atoms with E-state index in [1.165, 1.54) is 5.56 Å². The summed E-state index contributed by atoms with van der Waals surface area (Å²) >= 11 is 1.69. The summed E-state index contributed by atoms with van der Waals surface area (Å²) in [7, 11) is 2.05. The molecule has 1 heterocycles. The van der Waals surface area contributed by atoms with Gasteiger partial charge < -0.3 is 10.2 Å². The van der Waals surface area contributed by atoms with E-state index in [2.05, 4.69) is 58.8 Å². The van der Waals surface area contributed by atoms with Crippen molar-refractivity contribution in [1.29, 1.82) is 0 Å². The zero-order valence-corrected chi connectivity index (χ0v) is 17.1. The van der Waals surface area contributed by atoms with Crippen LogP contribution in [0.1, 0.15) is 23.2 Å². The van der Waals surface area contributed by atoms with Crippen molar-refractivity contribution in [2.45, 2.75) is 26.8 Å². The van der Waals surface area contributed by atoms with Gasteiger partial charge in [0.2, 0.25) is 0 Å². The molecule has 0 aliphatic carbocycles. The third kappa shape index (κ3) is 6.87. The van der Waals surface area contributed by atoms with Crippen molar-refractivity contribution in [3.63, 3.8) is 0 Å². The van der Waals surface area contributed by atoms with E-state index in [0.29, 0.717) is 0 Å². The third-order valence-electron chi connectivity index (χ3n) is 3.27. The topological polar surface area (TPSA) is 40.5 Å². The normalized spacial score (nSPS) is 11.0. The quantitative estimate of drug-likeness (QED) is 0.420. The van der Waals surface area contributed by atoms with Crippen molar-refractivity contribution in [3.05, 3.63) is 52.0 Å². The molecule has 4 nitrogen and oxygen atoms in total. The second kappa shape index (κ2) is 10.6. The van der Waals surface area contributed by atoms with Gasteiger partial charge in [-0.2, -0.15) is 0 Å². The predicted molar refractivity (Wildman–Crippen MR) is 110 cm³/mol. The molecule has 0 fully saturated rings. The van der Waals surface area contributed by atoms with E-state index in [-0.39, 0.29) is 24.0 Å². The van der Waals surface area contributed by atoms with E-state index < -0.39 is 0 Å². The van der Waals surface area contributed by atoms with Gasteiger partial charge in [-0.15, -0.1) is 35.3 Å². The molecule has 0 atom stereocenters. The maximum Gasteiger partial charge on any atom is 0.194 e. The Balaban J connectivity index is 0.00000264. The van der Waals surface area contributed by atoms with E-state index in [4.69, 9.17) is 4.99 Å². The van der Waals surface area contributed by atoms with Crippen LogP contribution in [0.5, 0.6) is 0 Å². The highest BCUT2D eigenvalue weighted by Crippen LogP contribution is 2.10. The first-order chi connectivity index (χ1) is 10.7. The predicted octanol–water partition coefficient (Wildman–Crippen LogP) is 3.71. The number of aliphatic imine (C=N–C) groups is 1. The summed E-state index contributed by atoms with van der Waals surface area (Å²) in [6.07, 6.45) is 0.958. The number of guanidine groups is 1. The molecule has 6 heteroatoms. The van der Waals surface area contributed by atoms with Crippen LogP contribution in [0.4, 0.5) is 0 Å². The SMILES string of the molecule is CCNC(=NCCc1ccccc1)N(C)Cc1csc(C)n1.I. The molecule has 2 aromatic rings. The van der Waals surface area contributed by atoms with Crippen molar-refractivity contribution in [2.75, 3.05) is 20.1 Å². The Kier molecular flexibility index (Phi) is 9.16. The van der Waals surface area contributed by atoms with E-state index in [9.17, 15) is 0 Å². The zero-order chi connectivity index (χ0) is 15.8. The van der Waals surface area contributed by atoms with Gasteiger partial charge in [-0.25, -0.2) is 4.98 Å².